The molecular formula is C57H109NO5. The van der Waals surface area contributed by atoms with Crippen LogP contribution in [0.25, 0.3) is 0 Å². The fraction of sp³-hybridized carbons (Fsp3) is 0.895. The van der Waals surface area contributed by atoms with E-state index in [0.717, 1.165) is 70.6 Å². The van der Waals surface area contributed by atoms with E-state index in [-0.39, 0.29) is 18.5 Å². The van der Waals surface area contributed by atoms with Gasteiger partial charge in [0.2, 0.25) is 5.91 Å². The van der Waals surface area contributed by atoms with Crippen molar-refractivity contribution in [2.45, 2.75) is 315 Å². The van der Waals surface area contributed by atoms with E-state index in [1.807, 2.05) is 0 Å². The number of hydrogen-bond donors (Lipinski definition) is 3. The van der Waals surface area contributed by atoms with Crippen LogP contribution in [0.15, 0.2) is 24.3 Å². The Morgan fingerprint density at radius 1 is 0.444 bits per heavy atom. The number of carbonyl (C=O) groups excluding carboxylic acids is 2. The van der Waals surface area contributed by atoms with Crippen molar-refractivity contribution in [2.75, 3.05) is 13.2 Å². The summed E-state index contributed by atoms with van der Waals surface area (Å²) in [6.07, 6.45) is 63.0. The molecule has 0 rings (SSSR count). The molecule has 2 atom stereocenters. The monoisotopic (exact) mass is 888 g/mol. The molecule has 0 radical (unpaired) electrons. The van der Waals surface area contributed by atoms with Crippen molar-refractivity contribution in [2.24, 2.45) is 0 Å². The molecule has 0 aromatic carbocycles. The van der Waals surface area contributed by atoms with Gasteiger partial charge >= 0.3 is 5.97 Å². The molecule has 372 valence electrons. The van der Waals surface area contributed by atoms with Crippen LogP contribution >= 0.6 is 0 Å². The lowest BCUT2D eigenvalue weighted by molar-refractivity contribution is -0.143. The highest BCUT2D eigenvalue weighted by molar-refractivity contribution is 5.76. The Bertz CT molecular complexity index is 982. The first-order valence-corrected chi connectivity index (χ1v) is 28.1. The zero-order valence-electron chi connectivity index (χ0n) is 42.3. The minimum Gasteiger partial charge on any atom is -0.466 e. The average molecular weight is 889 g/mol. The van der Waals surface area contributed by atoms with Crippen LogP contribution in [0.2, 0.25) is 0 Å². The summed E-state index contributed by atoms with van der Waals surface area (Å²) < 4.78 is 5.45. The maximum absolute atomic E-state index is 12.5. The Hall–Kier alpha value is -1.66. The lowest BCUT2D eigenvalue weighted by atomic mass is 10.0. The van der Waals surface area contributed by atoms with Crippen LogP contribution < -0.4 is 5.32 Å². The summed E-state index contributed by atoms with van der Waals surface area (Å²) in [5, 5.41) is 23.3. The molecule has 0 spiro atoms. The van der Waals surface area contributed by atoms with Crippen LogP contribution in [0.1, 0.15) is 303 Å². The number of aliphatic hydroxyl groups excluding tert-OH is 2. The first-order chi connectivity index (χ1) is 31.0. The molecule has 0 aromatic heterocycles. The van der Waals surface area contributed by atoms with E-state index in [0.29, 0.717) is 25.9 Å². The number of unbranched alkanes of at least 4 members (excludes halogenated alkanes) is 37. The van der Waals surface area contributed by atoms with E-state index in [9.17, 15) is 19.8 Å². The van der Waals surface area contributed by atoms with Gasteiger partial charge in [-0.1, -0.05) is 263 Å². The van der Waals surface area contributed by atoms with Gasteiger partial charge in [0.25, 0.3) is 0 Å². The summed E-state index contributed by atoms with van der Waals surface area (Å²) in [7, 11) is 0. The fourth-order valence-corrected chi connectivity index (χ4v) is 8.68. The number of allylic oxidation sites excluding steroid dienone is 4. The molecule has 0 heterocycles. The molecule has 6 heteroatoms. The van der Waals surface area contributed by atoms with Crippen LogP contribution in [0.5, 0.6) is 0 Å². The second-order valence-electron chi connectivity index (χ2n) is 19.3. The SMILES string of the molecule is CCC/C=C\C/C=C\CCCCCCCC(=O)OCCCCCCCCCCCCCC(=O)NC(CO)C(O)CCCCCCCCCCCCCCCCCCCCCCCC. The van der Waals surface area contributed by atoms with Gasteiger partial charge in [0, 0.05) is 12.8 Å². The quantitative estimate of drug-likeness (QED) is 0.0321. The molecule has 2 unspecified atom stereocenters. The van der Waals surface area contributed by atoms with Crippen molar-refractivity contribution in [3.05, 3.63) is 24.3 Å². The number of nitrogens with one attached hydrogen (secondary N) is 1. The highest BCUT2D eigenvalue weighted by Gasteiger charge is 2.20. The van der Waals surface area contributed by atoms with Crippen molar-refractivity contribution < 1.29 is 24.5 Å². The van der Waals surface area contributed by atoms with Gasteiger partial charge in [-0.15, -0.1) is 0 Å². The average Bonchev–Trinajstić information content (AvgIpc) is 3.28. The van der Waals surface area contributed by atoms with Crippen LogP contribution in [0, 0.1) is 0 Å². The number of aliphatic hydroxyl groups is 2. The predicted octanol–water partition coefficient (Wildman–Crippen LogP) is 17.1. The first-order valence-electron chi connectivity index (χ1n) is 28.1. The Morgan fingerprint density at radius 2 is 0.825 bits per heavy atom. The summed E-state index contributed by atoms with van der Waals surface area (Å²) in [5.41, 5.74) is 0. The van der Waals surface area contributed by atoms with E-state index < -0.39 is 12.1 Å². The molecule has 0 saturated carbocycles. The van der Waals surface area contributed by atoms with Gasteiger partial charge in [0.05, 0.1) is 25.4 Å². The maximum Gasteiger partial charge on any atom is 0.305 e. The van der Waals surface area contributed by atoms with E-state index in [1.165, 1.54) is 199 Å². The molecule has 0 aliphatic rings. The second kappa shape index (κ2) is 53.0. The van der Waals surface area contributed by atoms with Gasteiger partial charge in [-0.2, -0.15) is 0 Å². The van der Waals surface area contributed by atoms with Crippen molar-refractivity contribution >= 4 is 11.9 Å². The van der Waals surface area contributed by atoms with Crippen molar-refractivity contribution in [1.82, 2.24) is 5.32 Å². The lowest BCUT2D eigenvalue weighted by Crippen LogP contribution is -2.45. The highest BCUT2D eigenvalue weighted by Crippen LogP contribution is 2.17. The van der Waals surface area contributed by atoms with Gasteiger partial charge in [-0.25, -0.2) is 0 Å². The minimum atomic E-state index is -0.678. The molecule has 0 fully saturated rings. The Morgan fingerprint density at radius 3 is 1.27 bits per heavy atom. The summed E-state index contributed by atoms with van der Waals surface area (Å²) in [6, 6.07) is -0.557. The van der Waals surface area contributed by atoms with Crippen LogP contribution in [-0.2, 0) is 14.3 Å². The van der Waals surface area contributed by atoms with Gasteiger partial charge in [0.1, 0.15) is 0 Å². The Kier molecular flexibility index (Phi) is 51.6. The van der Waals surface area contributed by atoms with E-state index in [4.69, 9.17) is 4.74 Å². The smallest absolute Gasteiger partial charge is 0.305 e. The molecule has 1 amide bonds. The van der Waals surface area contributed by atoms with Crippen LogP contribution in [-0.4, -0.2) is 47.4 Å². The number of rotatable bonds is 52. The third-order valence-corrected chi connectivity index (χ3v) is 13.0. The number of amides is 1. The summed E-state index contributed by atoms with van der Waals surface area (Å²) in [6.45, 7) is 4.86. The van der Waals surface area contributed by atoms with E-state index >= 15 is 0 Å². The van der Waals surface area contributed by atoms with Gasteiger partial charge < -0.3 is 20.3 Å². The highest BCUT2D eigenvalue weighted by atomic mass is 16.5. The Balaban J connectivity index is 3.47. The van der Waals surface area contributed by atoms with Crippen LogP contribution in [0.3, 0.4) is 0 Å². The minimum absolute atomic E-state index is 0.0282. The molecule has 0 bridgehead atoms. The zero-order valence-corrected chi connectivity index (χ0v) is 42.3. The molecule has 3 N–H and O–H groups in total. The largest absolute Gasteiger partial charge is 0.466 e. The van der Waals surface area contributed by atoms with Crippen molar-refractivity contribution in [3.8, 4) is 0 Å². The zero-order chi connectivity index (χ0) is 45.8. The predicted molar refractivity (Wildman–Crippen MR) is 273 cm³/mol. The third kappa shape index (κ3) is 49.6. The first kappa shape index (κ1) is 61.3. The number of esters is 1. The number of ether oxygens (including phenoxy) is 1. The molecule has 0 saturated heterocycles. The number of hydrogen-bond acceptors (Lipinski definition) is 5. The summed E-state index contributed by atoms with van der Waals surface area (Å²) in [5.74, 6) is -0.0805. The van der Waals surface area contributed by atoms with Gasteiger partial charge in [-0.05, 0) is 51.4 Å². The van der Waals surface area contributed by atoms with Gasteiger partial charge in [-0.3, -0.25) is 9.59 Å². The van der Waals surface area contributed by atoms with E-state index in [2.05, 4.69) is 43.5 Å². The maximum atomic E-state index is 12.5. The number of carbonyl (C=O) groups is 2. The third-order valence-electron chi connectivity index (χ3n) is 13.0. The standard InChI is InChI=1S/C57H109NO5/c1-3-5-7-9-11-13-15-17-18-19-20-21-22-23-24-25-27-29-33-37-41-45-49-55(60)54(53-59)58-56(61)50-46-42-38-34-30-28-32-36-40-44-48-52-63-57(62)51-47-43-39-35-31-26-16-14-12-10-8-6-4-2/h8,10,14,16,54-55,59-60H,3-7,9,11-13,15,17-53H2,1-2H3,(H,58,61)/b10-8-,16-14-. The van der Waals surface area contributed by atoms with Crippen LogP contribution in [0.4, 0.5) is 0 Å². The fourth-order valence-electron chi connectivity index (χ4n) is 8.68. The second-order valence-corrected chi connectivity index (χ2v) is 19.3. The molecule has 0 aliphatic heterocycles. The van der Waals surface area contributed by atoms with Crippen molar-refractivity contribution in [3.63, 3.8) is 0 Å². The van der Waals surface area contributed by atoms with Gasteiger partial charge in [0.15, 0.2) is 0 Å². The lowest BCUT2D eigenvalue weighted by Gasteiger charge is -2.22. The summed E-state index contributed by atoms with van der Waals surface area (Å²) >= 11 is 0. The molecule has 0 aliphatic carbocycles. The normalized spacial score (nSPS) is 12.8. The molecular weight excluding hydrogens is 779 g/mol. The molecule has 63 heavy (non-hydrogen) atoms. The molecule has 6 nitrogen and oxygen atoms in total. The Labute approximate surface area is 392 Å². The topological polar surface area (TPSA) is 95.9 Å². The summed E-state index contributed by atoms with van der Waals surface area (Å²) in [4.78, 5) is 24.5. The molecule has 0 aromatic rings. The van der Waals surface area contributed by atoms with Crippen molar-refractivity contribution in [1.29, 1.82) is 0 Å². The van der Waals surface area contributed by atoms with E-state index in [1.54, 1.807) is 0 Å².